The number of ketones is 1. The molecule has 24 heavy (non-hydrogen) atoms. The minimum atomic E-state index is -3.21. The molecule has 134 valence electrons. The Morgan fingerprint density at radius 2 is 1.88 bits per heavy atom. The maximum atomic E-state index is 12.2. The first-order valence-corrected chi connectivity index (χ1v) is 10.7. The number of rotatable bonds is 8. The van der Waals surface area contributed by atoms with Crippen LogP contribution in [0, 0.1) is 0 Å². The molecule has 8 heteroatoms. The van der Waals surface area contributed by atoms with Crippen molar-refractivity contribution in [2.75, 3.05) is 31.9 Å². The van der Waals surface area contributed by atoms with E-state index in [1.807, 2.05) is 18.4 Å². The SMILES string of the molecule is CCCCS(=O)(=O)N1CCN(C(=O)CCC(=O)c2cccs2)CC1. The van der Waals surface area contributed by atoms with Crippen LogP contribution in [0.1, 0.15) is 42.3 Å². The summed E-state index contributed by atoms with van der Waals surface area (Å²) in [5.41, 5.74) is 0. The third kappa shape index (κ3) is 5.12. The highest BCUT2D eigenvalue weighted by Gasteiger charge is 2.28. The number of sulfonamides is 1. The van der Waals surface area contributed by atoms with E-state index in [4.69, 9.17) is 0 Å². The van der Waals surface area contributed by atoms with Gasteiger partial charge in [0, 0.05) is 39.0 Å². The first kappa shape index (κ1) is 19.1. The van der Waals surface area contributed by atoms with Crippen LogP contribution in [0.4, 0.5) is 0 Å². The Bertz CT molecular complexity index is 648. The predicted octanol–water partition coefficient (Wildman–Crippen LogP) is 1.99. The van der Waals surface area contributed by atoms with Crippen LogP contribution in [-0.2, 0) is 14.8 Å². The summed E-state index contributed by atoms with van der Waals surface area (Å²) < 4.78 is 25.8. The molecule has 0 N–H and O–H groups in total. The number of thiophene rings is 1. The van der Waals surface area contributed by atoms with E-state index in [1.54, 1.807) is 11.0 Å². The lowest BCUT2D eigenvalue weighted by Crippen LogP contribution is -2.51. The van der Waals surface area contributed by atoms with Gasteiger partial charge in [-0.15, -0.1) is 11.3 Å². The number of carbonyl (C=O) groups is 2. The molecule has 1 aliphatic rings. The second-order valence-electron chi connectivity index (χ2n) is 5.85. The lowest BCUT2D eigenvalue weighted by molar-refractivity contribution is -0.132. The highest BCUT2D eigenvalue weighted by molar-refractivity contribution is 7.89. The van der Waals surface area contributed by atoms with Crippen molar-refractivity contribution in [3.05, 3.63) is 22.4 Å². The van der Waals surface area contributed by atoms with Gasteiger partial charge in [0.15, 0.2) is 5.78 Å². The Labute approximate surface area is 147 Å². The van der Waals surface area contributed by atoms with Crippen LogP contribution in [0.25, 0.3) is 0 Å². The standard InChI is InChI=1S/C16H24N2O4S2/c1-2-3-13-24(21,22)18-10-8-17(9-11-18)16(20)7-6-14(19)15-5-4-12-23-15/h4-5,12H,2-3,6-11,13H2,1H3. The van der Waals surface area contributed by atoms with Gasteiger partial charge in [-0.3, -0.25) is 9.59 Å². The predicted molar refractivity (Wildman–Crippen MR) is 94.7 cm³/mol. The van der Waals surface area contributed by atoms with Crippen molar-refractivity contribution in [1.82, 2.24) is 9.21 Å². The molecule has 0 saturated carbocycles. The van der Waals surface area contributed by atoms with Gasteiger partial charge in [-0.05, 0) is 17.9 Å². The summed E-state index contributed by atoms with van der Waals surface area (Å²) in [6.45, 7) is 3.45. The molecule has 1 aliphatic heterocycles. The van der Waals surface area contributed by atoms with Crippen LogP contribution in [0.3, 0.4) is 0 Å². The number of hydrogen-bond acceptors (Lipinski definition) is 5. The number of Topliss-reactive ketones (excluding diaryl/α,β-unsaturated/α-hetero) is 1. The van der Waals surface area contributed by atoms with E-state index in [2.05, 4.69) is 0 Å². The zero-order chi connectivity index (χ0) is 17.6. The van der Waals surface area contributed by atoms with E-state index in [9.17, 15) is 18.0 Å². The van der Waals surface area contributed by atoms with Crippen LogP contribution in [0.2, 0.25) is 0 Å². The normalized spacial score (nSPS) is 16.3. The van der Waals surface area contributed by atoms with Crippen LogP contribution in [0.15, 0.2) is 17.5 Å². The van der Waals surface area contributed by atoms with Crippen molar-refractivity contribution in [3.63, 3.8) is 0 Å². The maximum Gasteiger partial charge on any atom is 0.223 e. The molecule has 0 radical (unpaired) electrons. The van der Waals surface area contributed by atoms with Crippen molar-refractivity contribution in [3.8, 4) is 0 Å². The van der Waals surface area contributed by atoms with Crippen molar-refractivity contribution >= 4 is 33.1 Å². The number of carbonyl (C=O) groups excluding carboxylic acids is 2. The van der Waals surface area contributed by atoms with E-state index in [0.29, 0.717) is 37.5 Å². The summed E-state index contributed by atoms with van der Waals surface area (Å²) >= 11 is 1.38. The molecule has 0 atom stereocenters. The molecule has 1 fully saturated rings. The molecular formula is C16H24N2O4S2. The van der Waals surface area contributed by atoms with Crippen LogP contribution >= 0.6 is 11.3 Å². The summed E-state index contributed by atoms with van der Waals surface area (Å²) in [7, 11) is -3.21. The number of nitrogens with zero attached hydrogens (tertiary/aromatic N) is 2. The van der Waals surface area contributed by atoms with Gasteiger partial charge in [-0.25, -0.2) is 8.42 Å². The second-order valence-corrected chi connectivity index (χ2v) is 8.89. The summed E-state index contributed by atoms with van der Waals surface area (Å²) in [6.07, 6.45) is 1.88. The zero-order valence-corrected chi connectivity index (χ0v) is 15.6. The molecule has 1 saturated heterocycles. The molecule has 0 unspecified atom stereocenters. The maximum absolute atomic E-state index is 12.2. The Morgan fingerprint density at radius 1 is 1.17 bits per heavy atom. The fourth-order valence-corrected chi connectivity index (χ4v) is 4.94. The number of hydrogen-bond donors (Lipinski definition) is 0. The van der Waals surface area contributed by atoms with Gasteiger partial charge >= 0.3 is 0 Å². The molecule has 0 bridgehead atoms. The smallest absolute Gasteiger partial charge is 0.223 e. The lowest BCUT2D eigenvalue weighted by atomic mass is 10.1. The lowest BCUT2D eigenvalue weighted by Gasteiger charge is -2.34. The van der Waals surface area contributed by atoms with E-state index < -0.39 is 10.0 Å². The molecule has 2 heterocycles. The van der Waals surface area contributed by atoms with Crippen LogP contribution < -0.4 is 0 Å². The molecule has 6 nitrogen and oxygen atoms in total. The first-order chi connectivity index (χ1) is 11.4. The Balaban J connectivity index is 1.77. The molecule has 0 aliphatic carbocycles. The summed E-state index contributed by atoms with van der Waals surface area (Å²) in [5.74, 6) is 0.0805. The molecule has 1 aromatic rings. The fourth-order valence-electron chi connectivity index (χ4n) is 2.61. The molecule has 1 amide bonds. The van der Waals surface area contributed by atoms with E-state index in [0.717, 1.165) is 6.42 Å². The van der Waals surface area contributed by atoms with E-state index in [-0.39, 0.29) is 30.3 Å². The van der Waals surface area contributed by atoms with Crippen molar-refractivity contribution in [1.29, 1.82) is 0 Å². The van der Waals surface area contributed by atoms with Crippen LogP contribution in [-0.4, -0.2) is 61.2 Å². The van der Waals surface area contributed by atoms with Gasteiger partial charge in [-0.2, -0.15) is 4.31 Å². The zero-order valence-electron chi connectivity index (χ0n) is 13.9. The number of piperazine rings is 1. The monoisotopic (exact) mass is 372 g/mol. The van der Waals surface area contributed by atoms with Crippen molar-refractivity contribution in [2.45, 2.75) is 32.6 Å². The molecule has 1 aromatic heterocycles. The third-order valence-electron chi connectivity index (χ3n) is 4.10. The Morgan fingerprint density at radius 3 is 2.46 bits per heavy atom. The summed E-state index contributed by atoms with van der Waals surface area (Å²) in [4.78, 5) is 26.5. The Kier molecular flexibility index (Phi) is 6.94. The highest BCUT2D eigenvalue weighted by Crippen LogP contribution is 2.14. The quantitative estimate of drug-likeness (QED) is 0.654. The van der Waals surface area contributed by atoms with E-state index in [1.165, 1.54) is 15.6 Å². The molecule has 2 rings (SSSR count). The first-order valence-electron chi connectivity index (χ1n) is 8.26. The van der Waals surface area contributed by atoms with Crippen molar-refractivity contribution < 1.29 is 18.0 Å². The molecule has 0 aromatic carbocycles. The fraction of sp³-hybridized carbons (Fsp3) is 0.625. The minimum Gasteiger partial charge on any atom is -0.340 e. The largest absolute Gasteiger partial charge is 0.340 e. The molecule has 0 spiro atoms. The average Bonchev–Trinajstić information content (AvgIpc) is 3.12. The topological polar surface area (TPSA) is 74.8 Å². The van der Waals surface area contributed by atoms with Gasteiger partial charge in [0.2, 0.25) is 15.9 Å². The van der Waals surface area contributed by atoms with Gasteiger partial charge in [0.25, 0.3) is 0 Å². The summed E-state index contributed by atoms with van der Waals surface area (Å²) in [5, 5.41) is 1.84. The number of amides is 1. The molecular weight excluding hydrogens is 348 g/mol. The van der Waals surface area contributed by atoms with Crippen LogP contribution in [0.5, 0.6) is 0 Å². The van der Waals surface area contributed by atoms with Crippen molar-refractivity contribution in [2.24, 2.45) is 0 Å². The van der Waals surface area contributed by atoms with Gasteiger partial charge in [0.05, 0.1) is 10.6 Å². The third-order valence-corrected chi connectivity index (χ3v) is 6.97. The summed E-state index contributed by atoms with van der Waals surface area (Å²) in [6, 6.07) is 3.58. The number of unbranched alkanes of at least 4 members (excludes halogenated alkanes) is 1. The highest BCUT2D eigenvalue weighted by atomic mass is 32.2. The van der Waals surface area contributed by atoms with Gasteiger partial charge in [-0.1, -0.05) is 19.4 Å². The van der Waals surface area contributed by atoms with E-state index >= 15 is 0 Å². The van der Waals surface area contributed by atoms with Gasteiger partial charge < -0.3 is 4.90 Å². The second kappa shape index (κ2) is 8.73. The Hall–Kier alpha value is -1.25. The minimum absolute atomic E-state index is 0.0147. The van der Waals surface area contributed by atoms with Gasteiger partial charge in [0.1, 0.15) is 0 Å². The average molecular weight is 373 g/mol.